The zero-order valence-corrected chi connectivity index (χ0v) is 12.0. The summed E-state index contributed by atoms with van der Waals surface area (Å²) in [5.41, 5.74) is 7.47. The summed E-state index contributed by atoms with van der Waals surface area (Å²) in [7, 11) is 0. The third-order valence-corrected chi connectivity index (χ3v) is 3.17. The van der Waals surface area contributed by atoms with Gasteiger partial charge in [0.25, 0.3) is 0 Å². The number of pyridine rings is 1. The zero-order chi connectivity index (χ0) is 13.8. The van der Waals surface area contributed by atoms with Gasteiger partial charge in [0.1, 0.15) is 17.4 Å². The van der Waals surface area contributed by atoms with Gasteiger partial charge in [-0.1, -0.05) is 37.3 Å². The van der Waals surface area contributed by atoms with E-state index in [4.69, 9.17) is 22.7 Å². The fraction of sp³-hybridized carbons (Fsp3) is 0.333. The molecule has 0 bridgehead atoms. The SMILES string of the molecule is CCC(CC(N)=S)Oc1cccc2ccc(C)nc12. The van der Waals surface area contributed by atoms with Gasteiger partial charge in [0.2, 0.25) is 0 Å². The molecule has 0 fully saturated rings. The first-order chi connectivity index (χ1) is 9.10. The van der Waals surface area contributed by atoms with Crippen LogP contribution in [0.2, 0.25) is 0 Å². The maximum absolute atomic E-state index is 6.01. The molecule has 4 heteroatoms. The molecular weight excluding hydrogens is 256 g/mol. The fourth-order valence-electron chi connectivity index (χ4n) is 1.99. The van der Waals surface area contributed by atoms with E-state index in [-0.39, 0.29) is 6.10 Å². The molecule has 3 nitrogen and oxygen atoms in total. The number of nitrogens with two attached hydrogens (primary N) is 1. The Balaban J connectivity index is 2.33. The van der Waals surface area contributed by atoms with E-state index < -0.39 is 0 Å². The summed E-state index contributed by atoms with van der Waals surface area (Å²) in [5.74, 6) is 0.796. The van der Waals surface area contributed by atoms with Crippen LogP contribution in [0.4, 0.5) is 0 Å². The summed E-state index contributed by atoms with van der Waals surface area (Å²) >= 11 is 4.95. The van der Waals surface area contributed by atoms with Crippen molar-refractivity contribution in [3.8, 4) is 5.75 Å². The Labute approximate surface area is 118 Å². The lowest BCUT2D eigenvalue weighted by Gasteiger charge is -2.18. The largest absolute Gasteiger partial charge is 0.488 e. The Hall–Kier alpha value is -1.68. The van der Waals surface area contributed by atoms with Crippen LogP contribution < -0.4 is 10.5 Å². The van der Waals surface area contributed by atoms with Gasteiger partial charge in [0, 0.05) is 17.5 Å². The van der Waals surface area contributed by atoms with E-state index in [0.29, 0.717) is 11.4 Å². The van der Waals surface area contributed by atoms with Gasteiger partial charge < -0.3 is 10.5 Å². The molecular formula is C15H18N2OS. The van der Waals surface area contributed by atoms with Gasteiger partial charge in [0.15, 0.2) is 0 Å². The van der Waals surface area contributed by atoms with Crippen LogP contribution in [0.15, 0.2) is 30.3 Å². The molecule has 2 rings (SSSR count). The molecule has 100 valence electrons. The minimum atomic E-state index is 0.00501. The Morgan fingerprint density at radius 1 is 1.37 bits per heavy atom. The van der Waals surface area contributed by atoms with Crippen LogP contribution in [-0.4, -0.2) is 16.1 Å². The number of ether oxygens (including phenoxy) is 1. The van der Waals surface area contributed by atoms with Crippen molar-refractivity contribution in [2.45, 2.75) is 32.8 Å². The summed E-state index contributed by atoms with van der Waals surface area (Å²) in [6.07, 6.45) is 1.46. The summed E-state index contributed by atoms with van der Waals surface area (Å²) < 4.78 is 6.01. The average molecular weight is 274 g/mol. The maximum atomic E-state index is 6.01. The van der Waals surface area contributed by atoms with Crippen LogP contribution in [-0.2, 0) is 0 Å². The molecule has 0 spiro atoms. The Morgan fingerprint density at radius 2 is 2.16 bits per heavy atom. The van der Waals surface area contributed by atoms with Crippen molar-refractivity contribution < 1.29 is 4.74 Å². The Morgan fingerprint density at radius 3 is 2.84 bits per heavy atom. The van der Waals surface area contributed by atoms with Crippen LogP contribution in [0.25, 0.3) is 10.9 Å². The molecule has 1 aromatic carbocycles. The Kier molecular flexibility index (Phi) is 4.32. The molecule has 1 unspecified atom stereocenters. The summed E-state index contributed by atoms with van der Waals surface area (Å²) in [6.45, 7) is 4.04. The molecule has 19 heavy (non-hydrogen) atoms. The van der Waals surface area contributed by atoms with Gasteiger partial charge in [-0.05, 0) is 25.5 Å². The lowest BCUT2D eigenvalue weighted by Crippen LogP contribution is -2.23. The molecule has 0 saturated carbocycles. The first-order valence-electron chi connectivity index (χ1n) is 6.41. The molecule has 0 aliphatic carbocycles. The summed E-state index contributed by atoms with van der Waals surface area (Å²) in [5, 5.41) is 1.08. The van der Waals surface area contributed by atoms with Crippen molar-refractivity contribution in [2.75, 3.05) is 0 Å². The average Bonchev–Trinajstić information content (AvgIpc) is 2.38. The van der Waals surface area contributed by atoms with Gasteiger partial charge >= 0.3 is 0 Å². The highest BCUT2D eigenvalue weighted by Crippen LogP contribution is 2.25. The quantitative estimate of drug-likeness (QED) is 0.849. The van der Waals surface area contributed by atoms with E-state index in [1.807, 2.05) is 31.2 Å². The second kappa shape index (κ2) is 5.97. The second-order valence-electron chi connectivity index (χ2n) is 4.60. The molecule has 2 N–H and O–H groups in total. The van der Waals surface area contributed by atoms with Crippen molar-refractivity contribution in [3.63, 3.8) is 0 Å². The van der Waals surface area contributed by atoms with Crippen molar-refractivity contribution in [1.82, 2.24) is 4.98 Å². The topological polar surface area (TPSA) is 48.1 Å². The van der Waals surface area contributed by atoms with E-state index in [0.717, 1.165) is 28.8 Å². The highest BCUT2D eigenvalue weighted by molar-refractivity contribution is 7.80. The standard InChI is InChI=1S/C15H18N2OS/c1-3-12(9-14(16)19)18-13-6-4-5-11-8-7-10(2)17-15(11)13/h4-8,12H,3,9H2,1-2H3,(H2,16,19). The molecule has 0 aliphatic heterocycles. The molecule has 0 amide bonds. The number of rotatable bonds is 5. The number of hydrogen-bond acceptors (Lipinski definition) is 3. The first-order valence-corrected chi connectivity index (χ1v) is 6.82. The van der Waals surface area contributed by atoms with Gasteiger partial charge in [0.05, 0.1) is 4.99 Å². The predicted molar refractivity (Wildman–Crippen MR) is 82.6 cm³/mol. The molecule has 1 atom stereocenters. The third kappa shape index (κ3) is 3.41. The van der Waals surface area contributed by atoms with Crippen LogP contribution in [0.1, 0.15) is 25.5 Å². The number of para-hydroxylation sites is 1. The van der Waals surface area contributed by atoms with Crippen LogP contribution in [0.3, 0.4) is 0 Å². The molecule has 1 heterocycles. The normalized spacial score (nSPS) is 12.3. The second-order valence-corrected chi connectivity index (χ2v) is 5.12. The van der Waals surface area contributed by atoms with Crippen LogP contribution in [0, 0.1) is 6.92 Å². The number of aromatic nitrogens is 1. The highest BCUT2D eigenvalue weighted by Gasteiger charge is 2.12. The maximum Gasteiger partial charge on any atom is 0.145 e. The van der Waals surface area contributed by atoms with Crippen molar-refractivity contribution >= 4 is 28.1 Å². The molecule has 0 radical (unpaired) electrons. The van der Waals surface area contributed by atoms with E-state index in [9.17, 15) is 0 Å². The Bertz CT molecular complexity index is 598. The van der Waals surface area contributed by atoms with E-state index in [2.05, 4.69) is 18.0 Å². The number of fused-ring (bicyclic) bond motifs is 1. The monoisotopic (exact) mass is 274 g/mol. The van der Waals surface area contributed by atoms with E-state index in [1.165, 1.54) is 0 Å². The lowest BCUT2D eigenvalue weighted by molar-refractivity contribution is 0.207. The van der Waals surface area contributed by atoms with Gasteiger partial charge in [-0.15, -0.1) is 0 Å². The number of benzene rings is 1. The molecule has 0 saturated heterocycles. The molecule has 1 aromatic heterocycles. The summed E-state index contributed by atoms with van der Waals surface area (Å²) in [4.78, 5) is 5.04. The van der Waals surface area contributed by atoms with Gasteiger partial charge in [-0.2, -0.15) is 0 Å². The minimum Gasteiger partial charge on any atom is -0.488 e. The van der Waals surface area contributed by atoms with Crippen molar-refractivity contribution in [3.05, 3.63) is 36.0 Å². The number of aryl methyl sites for hydroxylation is 1. The molecule has 2 aromatic rings. The highest BCUT2D eigenvalue weighted by atomic mass is 32.1. The fourth-order valence-corrected chi connectivity index (χ4v) is 2.17. The zero-order valence-electron chi connectivity index (χ0n) is 11.2. The number of hydrogen-bond donors (Lipinski definition) is 1. The summed E-state index contributed by atoms with van der Waals surface area (Å²) in [6, 6.07) is 10.00. The van der Waals surface area contributed by atoms with Crippen molar-refractivity contribution in [2.24, 2.45) is 5.73 Å². The lowest BCUT2D eigenvalue weighted by atomic mass is 10.1. The van der Waals surface area contributed by atoms with Gasteiger partial charge in [-0.3, -0.25) is 0 Å². The number of nitrogens with zero attached hydrogens (tertiary/aromatic N) is 1. The predicted octanol–water partition coefficient (Wildman–Crippen LogP) is 3.38. The molecule has 0 aliphatic rings. The smallest absolute Gasteiger partial charge is 0.145 e. The minimum absolute atomic E-state index is 0.00501. The number of thiocarbonyl (C=S) groups is 1. The first kappa shape index (κ1) is 13.7. The van der Waals surface area contributed by atoms with E-state index >= 15 is 0 Å². The van der Waals surface area contributed by atoms with E-state index in [1.54, 1.807) is 0 Å². The van der Waals surface area contributed by atoms with Crippen LogP contribution >= 0.6 is 12.2 Å². The van der Waals surface area contributed by atoms with Crippen molar-refractivity contribution in [1.29, 1.82) is 0 Å². The van der Waals surface area contributed by atoms with Gasteiger partial charge in [-0.25, -0.2) is 4.98 Å². The third-order valence-electron chi connectivity index (χ3n) is 3.00. The van der Waals surface area contributed by atoms with Crippen LogP contribution in [0.5, 0.6) is 5.75 Å².